The summed E-state index contributed by atoms with van der Waals surface area (Å²) in [6, 6.07) is 11.6. The SMILES string of the molecule is CCC[C@H](N)c1nc(-c2ccc3ccccc3n2)no1. The number of hydrogen-bond donors (Lipinski definition) is 1. The summed E-state index contributed by atoms with van der Waals surface area (Å²) in [4.78, 5) is 8.88. The second-order valence-electron chi connectivity index (χ2n) is 4.74. The molecule has 3 aromatic rings. The molecule has 0 spiro atoms. The number of nitrogens with zero attached hydrogens (tertiary/aromatic N) is 3. The van der Waals surface area contributed by atoms with E-state index >= 15 is 0 Å². The summed E-state index contributed by atoms with van der Waals surface area (Å²) in [6.07, 6.45) is 1.81. The maximum atomic E-state index is 5.97. The summed E-state index contributed by atoms with van der Waals surface area (Å²) < 4.78 is 5.22. The Morgan fingerprint density at radius 3 is 2.85 bits per heavy atom. The number of hydrogen-bond acceptors (Lipinski definition) is 5. The van der Waals surface area contributed by atoms with E-state index in [0.29, 0.717) is 17.4 Å². The fourth-order valence-corrected chi connectivity index (χ4v) is 2.11. The highest BCUT2D eigenvalue weighted by atomic mass is 16.5. The van der Waals surface area contributed by atoms with Crippen molar-refractivity contribution in [3.8, 4) is 11.5 Å². The van der Waals surface area contributed by atoms with E-state index in [9.17, 15) is 0 Å². The zero-order valence-electron chi connectivity index (χ0n) is 11.3. The standard InChI is InChI=1S/C15H16N4O/c1-2-5-11(16)15-18-14(19-20-15)13-9-8-10-6-3-4-7-12(10)17-13/h3-4,6-9,11H,2,5,16H2,1H3/t11-/m0/s1. The second kappa shape index (κ2) is 5.38. The largest absolute Gasteiger partial charge is 0.337 e. The van der Waals surface area contributed by atoms with Gasteiger partial charge in [0.2, 0.25) is 11.7 Å². The zero-order valence-corrected chi connectivity index (χ0v) is 11.3. The first-order valence-electron chi connectivity index (χ1n) is 6.73. The van der Waals surface area contributed by atoms with Crippen LogP contribution in [0, 0.1) is 0 Å². The first-order chi connectivity index (χ1) is 9.78. The van der Waals surface area contributed by atoms with Gasteiger partial charge in [-0.3, -0.25) is 0 Å². The Hall–Kier alpha value is -2.27. The summed E-state index contributed by atoms with van der Waals surface area (Å²) in [5.41, 5.74) is 7.58. The number of aromatic nitrogens is 3. The maximum Gasteiger partial charge on any atom is 0.243 e. The lowest BCUT2D eigenvalue weighted by Crippen LogP contribution is -2.09. The smallest absolute Gasteiger partial charge is 0.243 e. The summed E-state index contributed by atoms with van der Waals surface area (Å²) in [5, 5.41) is 5.05. The summed E-state index contributed by atoms with van der Waals surface area (Å²) >= 11 is 0. The summed E-state index contributed by atoms with van der Waals surface area (Å²) in [7, 11) is 0. The van der Waals surface area contributed by atoms with Gasteiger partial charge in [-0.25, -0.2) is 4.98 Å². The predicted molar refractivity (Wildman–Crippen MR) is 76.9 cm³/mol. The van der Waals surface area contributed by atoms with E-state index in [1.807, 2.05) is 36.4 Å². The molecule has 2 aromatic heterocycles. The predicted octanol–water partition coefficient (Wildman–Crippen LogP) is 3.08. The Labute approximate surface area is 116 Å². The highest BCUT2D eigenvalue weighted by molar-refractivity contribution is 5.80. The highest BCUT2D eigenvalue weighted by Gasteiger charge is 2.15. The van der Waals surface area contributed by atoms with Crippen molar-refractivity contribution in [1.82, 2.24) is 15.1 Å². The number of nitrogens with two attached hydrogens (primary N) is 1. The number of benzene rings is 1. The van der Waals surface area contributed by atoms with Crippen LogP contribution in [0.5, 0.6) is 0 Å². The van der Waals surface area contributed by atoms with Crippen LogP contribution in [0.3, 0.4) is 0 Å². The molecule has 0 bridgehead atoms. The topological polar surface area (TPSA) is 77.8 Å². The van der Waals surface area contributed by atoms with Crippen molar-refractivity contribution in [1.29, 1.82) is 0 Å². The first kappa shape index (κ1) is 12.7. The van der Waals surface area contributed by atoms with Gasteiger partial charge in [0.1, 0.15) is 5.69 Å². The molecule has 0 unspecified atom stereocenters. The molecule has 0 aliphatic rings. The third-order valence-electron chi connectivity index (χ3n) is 3.19. The van der Waals surface area contributed by atoms with Gasteiger partial charge in [-0.2, -0.15) is 4.98 Å². The highest BCUT2D eigenvalue weighted by Crippen LogP contribution is 2.21. The normalized spacial score (nSPS) is 12.7. The molecule has 0 radical (unpaired) electrons. The number of fused-ring (bicyclic) bond motifs is 1. The lowest BCUT2D eigenvalue weighted by molar-refractivity contribution is 0.348. The van der Waals surface area contributed by atoms with Crippen molar-refractivity contribution < 1.29 is 4.52 Å². The lowest BCUT2D eigenvalue weighted by Gasteiger charge is -2.02. The van der Waals surface area contributed by atoms with E-state index in [-0.39, 0.29) is 6.04 Å². The van der Waals surface area contributed by atoms with Crippen LogP contribution in [0.1, 0.15) is 31.7 Å². The first-order valence-corrected chi connectivity index (χ1v) is 6.73. The minimum Gasteiger partial charge on any atom is -0.337 e. The van der Waals surface area contributed by atoms with Crippen LogP contribution >= 0.6 is 0 Å². The second-order valence-corrected chi connectivity index (χ2v) is 4.74. The van der Waals surface area contributed by atoms with Gasteiger partial charge in [0.05, 0.1) is 11.6 Å². The van der Waals surface area contributed by atoms with Crippen molar-refractivity contribution in [3.05, 3.63) is 42.3 Å². The van der Waals surface area contributed by atoms with Crippen LogP contribution in [-0.2, 0) is 0 Å². The van der Waals surface area contributed by atoms with E-state index in [4.69, 9.17) is 10.3 Å². The van der Waals surface area contributed by atoms with Crippen molar-refractivity contribution in [2.45, 2.75) is 25.8 Å². The van der Waals surface area contributed by atoms with Crippen LogP contribution in [0.25, 0.3) is 22.4 Å². The van der Waals surface area contributed by atoms with Crippen molar-refractivity contribution in [2.75, 3.05) is 0 Å². The summed E-state index contributed by atoms with van der Waals surface area (Å²) in [5.74, 6) is 0.953. The van der Waals surface area contributed by atoms with Crippen LogP contribution in [0.4, 0.5) is 0 Å². The van der Waals surface area contributed by atoms with Gasteiger partial charge < -0.3 is 10.3 Å². The minimum absolute atomic E-state index is 0.207. The number of rotatable bonds is 4. The monoisotopic (exact) mass is 268 g/mol. The molecule has 2 N–H and O–H groups in total. The Morgan fingerprint density at radius 1 is 1.15 bits per heavy atom. The molecule has 3 rings (SSSR count). The van der Waals surface area contributed by atoms with Gasteiger partial charge >= 0.3 is 0 Å². The van der Waals surface area contributed by atoms with Crippen molar-refractivity contribution in [2.24, 2.45) is 5.73 Å². The Balaban J connectivity index is 1.94. The molecule has 0 amide bonds. The molecule has 5 heteroatoms. The molecule has 1 atom stereocenters. The molecule has 0 aliphatic heterocycles. The average molecular weight is 268 g/mol. The number of pyridine rings is 1. The Kier molecular flexibility index (Phi) is 3.43. The zero-order chi connectivity index (χ0) is 13.9. The van der Waals surface area contributed by atoms with Gasteiger partial charge in [0.25, 0.3) is 0 Å². The van der Waals surface area contributed by atoms with E-state index in [1.165, 1.54) is 0 Å². The molecular weight excluding hydrogens is 252 g/mol. The van der Waals surface area contributed by atoms with E-state index in [1.54, 1.807) is 0 Å². The summed E-state index contributed by atoms with van der Waals surface area (Å²) in [6.45, 7) is 2.07. The van der Waals surface area contributed by atoms with E-state index < -0.39 is 0 Å². The van der Waals surface area contributed by atoms with Crippen molar-refractivity contribution >= 4 is 10.9 Å². The molecule has 5 nitrogen and oxygen atoms in total. The van der Waals surface area contributed by atoms with Crippen molar-refractivity contribution in [3.63, 3.8) is 0 Å². The average Bonchev–Trinajstić information content (AvgIpc) is 2.97. The third-order valence-corrected chi connectivity index (χ3v) is 3.19. The lowest BCUT2D eigenvalue weighted by atomic mass is 10.2. The molecule has 0 fully saturated rings. The Morgan fingerprint density at radius 2 is 2.00 bits per heavy atom. The molecule has 102 valence electrons. The molecule has 0 aliphatic carbocycles. The molecule has 0 saturated carbocycles. The van der Waals surface area contributed by atoms with E-state index in [2.05, 4.69) is 22.0 Å². The quantitative estimate of drug-likeness (QED) is 0.786. The molecule has 2 heterocycles. The van der Waals surface area contributed by atoms with Gasteiger partial charge in [0, 0.05) is 5.39 Å². The molecular formula is C15H16N4O. The fourth-order valence-electron chi connectivity index (χ4n) is 2.11. The number of para-hydroxylation sites is 1. The minimum atomic E-state index is -0.207. The van der Waals surface area contributed by atoms with Crippen LogP contribution in [0.2, 0.25) is 0 Å². The van der Waals surface area contributed by atoms with E-state index in [0.717, 1.165) is 23.7 Å². The van der Waals surface area contributed by atoms with Gasteiger partial charge in [-0.05, 0) is 18.6 Å². The molecule has 1 aromatic carbocycles. The maximum absolute atomic E-state index is 5.97. The van der Waals surface area contributed by atoms with Crippen LogP contribution < -0.4 is 5.73 Å². The van der Waals surface area contributed by atoms with Gasteiger partial charge in [-0.15, -0.1) is 0 Å². The third kappa shape index (κ3) is 2.40. The molecule has 20 heavy (non-hydrogen) atoms. The Bertz CT molecular complexity index is 722. The van der Waals surface area contributed by atoms with Gasteiger partial charge in [-0.1, -0.05) is 42.8 Å². The fraction of sp³-hybridized carbons (Fsp3) is 0.267. The molecule has 0 saturated heterocycles. The van der Waals surface area contributed by atoms with Gasteiger partial charge in [0.15, 0.2) is 0 Å². The van der Waals surface area contributed by atoms with Crippen LogP contribution in [-0.4, -0.2) is 15.1 Å². The van der Waals surface area contributed by atoms with Crippen LogP contribution in [0.15, 0.2) is 40.9 Å².